The smallest absolute Gasteiger partial charge is 0.339 e. The van der Waals surface area contributed by atoms with Crippen LogP contribution in [0.4, 0.5) is 32.3 Å². The minimum Gasteiger partial charge on any atom is -0.379 e. The van der Waals surface area contributed by atoms with Crippen LogP contribution in [0, 0.1) is 34.6 Å². The number of aryl methyl sites for hydroxylation is 5. The van der Waals surface area contributed by atoms with E-state index in [1.54, 1.807) is 89.2 Å². The van der Waals surface area contributed by atoms with Crippen molar-refractivity contribution in [3.8, 4) is 11.5 Å². The fourth-order valence-corrected chi connectivity index (χ4v) is 7.44. The molecule has 14 heteroatoms. The highest BCUT2D eigenvalue weighted by atomic mass is 32.2. The van der Waals surface area contributed by atoms with E-state index in [1.165, 1.54) is 36.4 Å². The van der Waals surface area contributed by atoms with Gasteiger partial charge in [0.1, 0.15) is 21.3 Å². The topological polar surface area (TPSA) is 169 Å². The predicted molar refractivity (Wildman–Crippen MR) is 197 cm³/mol. The SMILES string of the molecule is Cc1ccc(C)c(S(=O)(=O)Oc2cccc(NC(=O)Nc3ccc(C)c(NC(=O)Nc4cccc(OS(=O)(=O)c5cc(C)ccc5C)c4)c3)c2)c1. The maximum Gasteiger partial charge on any atom is 0.339 e. The average Bonchev–Trinajstić information content (AvgIpc) is 3.04. The Morgan fingerprint density at radius 1 is 0.471 bits per heavy atom. The molecule has 0 unspecified atom stereocenters. The van der Waals surface area contributed by atoms with Gasteiger partial charge in [-0.2, -0.15) is 16.8 Å². The number of urea groups is 2. The second-order valence-electron chi connectivity index (χ2n) is 11.9. The molecule has 4 amide bonds. The molecule has 0 aliphatic carbocycles. The Morgan fingerprint density at radius 2 is 0.882 bits per heavy atom. The monoisotopic (exact) mass is 728 g/mol. The predicted octanol–water partition coefficient (Wildman–Crippen LogP) is 8.05. The van der Waals surface area contributed by atoms with Crippen LogP contribution in [-0.2, 0) is 20.2 Å². The van der Waals surface area contributed by atoms with E-state index in [2.05, 4.69) is 21.3 Å². The number of nitrogens with one attached hydrogen (secondary N) is 4. The van der Waals surface area contributed by atoms with Crippen LogP contribution >= 0.6 is 0 Å². The Bertz CT molecular complexity index is 2360. The standard InChI is InChI=1S/C37H36N4O8S2/c1-23-12-14-26(4)34(18-23)50(44,45)48-31-10-6-8-28(20-31)38-36(42)40-30-17-16-25(3)33(22-30)41-37(43)39-29-9-7-11-32(21-29)49-51(46,47)35-19-24(2)13-15-27(35)5/h6-22H,1-5H3,(H2,38,40,42)(H2,39,41,43). The maximum absolute atomic E-state index is 12.9. The first kappa shape index (κ1) is 36.4. The van der Waals surface area contributed by atoms with Crippen LogP contribution < -0.4 is 29.6 Å². The molecule has 0 radical (unpaired) electrons. The molecule has 0 spiro atoms. The lowest BCUT2D eigenvalue weighted by molar-refractivity contribution is 0.261. The number of benzene rings is 5. The van der Waals surface area contributed by atoms with Gasteiger partial charge >= 0.3 is 32.3 Å². The molecule has 4 N–H and O–H groups in total. The zero-order valence-corrected chi connectivity index (χ0v) is 30.0. The lowest BCUT2D eigenvalue weighted by atomic mass is 10.2. The van der Waals surface area contributed by atoms with Crippen LogP contribution in [0.5, 0.6) is 11.5 Å². The first-order valence-electron chi connectivity index (χ1n) is 15.6. The van der Waals surface area contributed by atoms with Gasteiger partial charge in [-0.1, -0.05) is 42.5 Å². The summed E-state index contributed by atoms with van der Waals surface area (Å²) in [6, 6.07) is 25.7. The fourth-order valence-electron chi connectivity index (χ4n) is 4.96. The van der Waals surface area contributed by atoms with Crippen molar-refractivity contribution >= 4 is 55.0 Å². The van der Waals surface area contributed by atoms with Crippen molar-refractivity contribution in [1.29, 1.82) is 0 Å². The normalized spacial score (nSPS) is 11.3. The van der Waals surface area contributed by atoms with Gasteiger partial charge in [-0.3, -0.25) is 0 Å². The molecule has 5 rings (SSSR count). The third kappa shape index (κ3) is 9.44. The maximum atomic E-state index is 12.9. The number of hydrogen-bond acceptors (Lipinski definition) is 8. The van der Waals surface area contributed by atoms with Gasteiger partial charge in [0.2, 0.25) is 0 Å². The molecule has 0 atom stereocenters. The van der Waals surface area contributed by atoms with Crippen LogP contribution in [0.1, 0.15) is 27.8 Å². The summed E-state index contributed by atoms with van der Waals surface area (Å²) < 4.78 is 62.5. The Hall–Kier alpha value is -5.86. The molecule has 0 aliphatic rings. The summed E-state index contributed by atoms with van der Waals surface area (Å²) in [6.07, 6.45) is 0. The molecule has 0 saturated heterocycles. The summed E-state index contributed by atoms with van der Waals surface area (Å²) >= 11 is 0. The number of carbonyl (C=O) groups is 2. The first-order chi connectivity index (χ1) is 24.1. The number of rotatable bonds is 10. The second kappa shape index (κ2) is 14.9. The van der Waals surface area contributed by atoms with Gasteiger partial charge in [-0.15, -0.1) is 0 Å². The zero-order chi connectivity index (χ0) is 36.9. The van der Waals surface area contributed by atoms with Gasteiger partial charge in [0.15, 0.2) is 0 Å². The van der Waals surface area contributed by atoms with Crippen LogP contribution in [0.2, 0.25) is 0 Å². The molecule has 5 aromatic carbocycles. The van der Waals surface area contributed by atoms with Gasteiger partial charge in [0, 0.05) is 34.9 Å². The van der Waals surface area contributed by atoms with E-state index in [-0.39, 0.29) is 32.7 Å². The highest BCUT2D eigenvalue weighted by Gasteiger charge is 2.21. The van der Waals surface area contributed by atoms with Gasteiger partial charge in [0.05, 0.1) is 0 Å². The summed E-state index contributed by atoms with van der Waals surface area (Å²) in [7, 11) is -8.24. The molecular formula is C37H36N4O8S2. The minimum absolute atomic E-state index is 0.0154. The highest BCUT2D eigenvalue weighted by molar-refractivity contribution is 7.87. The quantitative estimate of drug-likeness (QED) is 0.105. The van der Waals surface area contributed by atoms with E-state index in [4.69, 9.17) is 8.37 Å². The second-order valence-corrected chi connectivity index (χ2v) is 14.9. The van der Waals surface area contributed by atoms with Crippen LogP contribution in [0.15, 0.2) is 113 Å². The van der Waals surface area contributed by atoms with Crippen molar-refractivity contribution in [3.05, 3.63) is 131 Å². The zero-order valence-electron chi connectivity index (χ0n) is 28.4. The summed E-state index contributed by atoms with van der Waals surface area (Å²) in [5.74, 6) is 0.0313. The van der Waals surface area contributed by atoms with Crippen LogP contribution in [-0.4, -0.2) is 28.9 Å². The average molecular weight is 729 g/mol. The van der Waals surface area contributed by atoms with E-state index in [1.807, 2.05) is 12.1 Å². The van der Waals surface area contributed by atoms with E-state index >= 15 is 0 Å². The number of hydrogen-bond donors (Lipinski definition) is 4. The largest absolute Gasteiger partial charge is 0.379 e. The van der Waals surface area contributed by atoms with Crippen molar-refractivity contribution in [2.45, 2.75) is 44.4 Å². The first-order valence-corrected chi connectivity index (χ1v) is 18.4. The van der Waals surface area contributed by atoms with Crippen molar-refractivity contribution in [3.63, 3.8) is 0 Å². The molecule has 51 heavy (non-hydrogen) atoms. The molecule has 0 saturated carbocycles. The highest BCUT2D eigenvalue weighted by Crippen LogP contribution is 2.27. The molecule has 12 nitrogen and oxygen atoms in total. The number of carbonyl (C=O) groups excluding carboxylic acids is 2. The Balaban J connectivity index is 1.20. The van der Waals surface area contributed by atoms with Crippen molar-refractivity contribution < 1.29 is 34.8 Å². The summed E-state index contributed by atoms with van der Waals surface area (Å²) in [6.45, 7) is 8.69. The molecule has 0 aliphatic heterocycles. The third-order valence-electron chi connectivity index (χ3n) is 7.57. The summed E-state index contributed by atoms with van der Waals surface area (Å²) in [5, 5.41) is 10.7. The molecule has 0 fully saturated rings. The van der Waals surface area contributed by atoms with Gasteiger partial charge in [-0.25, -0.2) is 9.59 Å². The molecule has 264 valence electrons. The summed E-state index contributed by atoms with van der Waals surface area (Å²) in [5.41, 5.74) is 4.61. The van der Waals surface area contributed by atoms with E-state index < -0.39 is 32.3 Å². The fraction of sp³-hybridized carbons (Fsp3) is 0.135. The van der Waals surface area contributed by atoms with Gasteiger partial charge in [-0.05, 0) is 111 Å². The Labute approximate surface area is 297 Å². The lowest BCUT2D eigenvalue weighted by Gasteiger charge is -2.14. The van der Waals surface area contributed by atoms with Gasteiger partial charge in [0.25, 0.3) is 0 Å². The molecule has 0 aromatic heterocycles. The van der Waals surface area contributed by atoms with E-state index in [0.717, 1.165) is 11.1 Å². The third-order valence-corrected chi connectivity index (χ3v) is 10.3. The van der Waals surface area contributed by atoms with Crippen molar-refractivity contribution in [2.75, 3.05) is 21.3 Å². The van der Waals surface area contributed by atoms with E-state index in [0.29, 0.717) is 28.1 Å². The molecular weight excluding hydrogens is 693 g/mol. The van der Waals surface area contributed by atoms with Gasteiger partial charge < -0.3 is 29.6 Å². The number of amides is 4. The van der Waals surface area contributed by atoms with E-state index in [9.17, 15) is 26.4 Å². The number of anilines is 4. The molecule has 0 heterocycles. The summed E-state index contributed by atoms with van der Waals surface area (Å²) in [4.78, 5) is 25.9. The van der Waals surface area contributed by atoms with Crippen molar-refractivity contribution in [1.82, 2.24) is 0 Å². The Morgan fingerprint density at radius 3 is 1.35 bits per heavy atom. The molecule has 0 bridgehead atoms. The lowest BCUT2D eigenvalue weighted by Crippen LogP contribution is -2.21. The van der Waals surface area contributed by atoms with Crippen molar-refractivity contribution in [2.24, 2.45) is 0 Å². The molecule has 5 aromatic rings. The minimum atomic E-state index is -4.12. The van der Waals surface area contributed by atoms with Crippen LogP contribution in [0.3, 0.4) is 0 Å². The Kier molecular flexibility index (Phi) is 10.7. The van der Waals surface area contributed by atoms with Crippen LogP contribution in [0.25, 0.3) is 0 Å².